The van der Waals surface area contributed by atoms with E-state index in [4.69, 9.17) is 4.18 Å². The maximum Gasteiger partial charge on any atom is 0.297 e. The minimum absolute atomic E-state index is 0. The Bertz CT molecular complexity index is 637. The van der Waals surface area contributed by atoms with E-state index < -0.39 is 28.4 Å². The van der Waals surface area contributed by atoms with Crippen molar-refractivity contribution in [2.45, 2.75) is 121 Å². The summed E-state index contributed by atoms with van der Waals surface area (Å²) < 4.78 is 30.3. The summed E-state index contributed by atoms with van der Waals surface area (Å²) in [7, 11) is -3.98. The third-order valence-electron chi connectivity index (χ3n) is 5.39. The van der Waals surface area contributed by atoms with Crippen LogP contribution in [-0.4, -0.2) is 66.5 Å². The van der Waals surface area contributed by atoms with Gasteiger partial charge in [0.05, 0.1) is 17.1 Å². The van der Waals surface area contributed by atoms with Gasteiger partial charge in [0, 0.05) is 36.0 Å². The Morgan fingerprint density at radius 1 is 0.839 bits per heavy atom. The molecule has 0 aliphatic rings. The average molecular weight is 466 g/mol. The number of aliphatic hydroxyl groups excluding tert-OH is 2. The van der Waals surface area contributed by atoms with Crippen molar-refractivity contribution >= 4 is 39.7 Å². The minimum Gasteiger partial charge on any atom is -0.393 e. The minimum atomic E-state index is -3.98. The molecule has 2 N–H and O–H groups in total. The van der Waals surface area contributed by atoms with Gasteiger partial charge in [-0.15, -0.1) is 0 Å². The summed E-state index contributed by atoms with van der Waals surface area (Å²) in [5, 5.41) is 20.2. The molecular weight excluding hydrogens is 423 g/mol. The van der Waals surface area contributed by atoms with Crippen LogP contribution in [-0.2, 0) is 14.3 Å². The Kier molecular flexibility index (Phi) is 18.5. The van der Waals surface area contributed by atoms with E-state index >= 15 is 0 Å². The summed E-state index contributed by atoms with van der Waals surface area (Å²) in [6.07, 6.45) is 11.3. The van der Waals surface area contributed by atoms with Crippen LogP contribution in [0.25, 0.3) is 0 Å². The summed E-state index contributed by atoms with van der Waals surface area (Å²) in [5.41, 5.74) is 0. The number of rotatable bonds is 18. The quantitative estimate of drug-likeness (QED) is 0.177. The fourth-order valence-corrected chi connectivity index (χ4v) is 4.74. The van der Waals surface area contributed by atoms with Gasteiger partial charge in [-0.25, -0.2) is 0 Å². The van der Waals surface area contributed by atoms with Crippen molar-refractivity contribution < 1.29 is 22.8 Å². The fraction of sp³-hybridized carbons (Fsp3) is 0.750. The summed E-state index contributed by atoms with van der Waals surface area (Å²) in [6.45, 7) is 3.80. The number of unbranched alkanes of at least 4 members (excludes halogenated alkanes) is 10. The zero-order valence-electron chi connectivity index (χ0n) is 19.8. The maximum atomic E-state index is 12.5. The van der Waals surface area contributed by atoms with Gasteiger partial charge >= 0.3 is 0 Å². The first-order valence-corrected chi connectivity index (χ1v) is 13.1. The van der Waals surface area contributed by atoms with E-state index in [1.165, 1.54) is 63.5 Å². The molecule has 1 radical (unpaired) electrons. The van der Waals surface area contributed by atoms with Gasteiger partial charge in [0.1, 0.15) is 6.10 Å². The molecule has 1 aromatic rings. The summed E-state index contributed by atoms with van der Waals surface area (Å²) in [6, 6.07) is 7.91. The fourth-order valence-electron chi connectivity index (χ4n) is 3.61. The second kappa shape index (κ2) is 18.5. The van der Waals surface area contributed by atoms with Gasteiger partial charge in [-0.3, -0.25) is 4.18 Å². The molecule has 0 saturated heterocycles. The molecule has 7 heteroatoms. The molecule has 3 unspecified atom stereocenters. The van der Waals surface area contributed by atoms with E-state index in [0.29, 0.717) is 6.42 Å². The smallest absolute Gasteiger partial charge is 0.297 e. The van der Waals surface area contributed by atoms with Gasteiger partial charge in [0.2, 0.25) is 0 Å². The second-order valence-electron chi connectivity index (χ2n) is 8.38. The average Bonchev–Trinajstić information content (AvgIpc) is 2.71. The monoisotopic (exact) mass is 465 g/mol. The summed E-state index contributed by atoms with van der Waals surface area (Å²) >= 11 is 0. The van der Waals surface area contributed by atoms with E-state index in [0.717, 1.165) is 19.3 Å². The molecule has 0 fully saturated rings. The maximum absolute atomic E-state index is 12.5. The SMILES string of the molecule is CCCCCCCCCCCCCC(O)C(CC(C)O)OS(=O)(=O)c1ccccc1.[Na]. The zero-order chi connectivity index (χ0) is 22.2. The molecule has 0 heterocycles. The third-order valence-corrected chi connectivity index (χ3v) is 6.74. The zero-order valence-corrected chi connectivity index (χ0v) is 22.7. The van der Waals surface area contributed by atoms with Crippen LogP contribution in [0.2, 0.25) is 0 Å². The molecule has 175 valence electrons. The summed E-state index contributed by atoms with van der Waals surface area (Å²) in [5.74, 6) is 0. The standard InChI is InChI=1S/C24H42O5S.Na/c1-3-4-5-6-7-8-9-10-11-12-16-19-23(26)24(20-21(2)25)29-30(27,28)22-17-14-13-15-18-22;/h13-15,17-18,21,23-26H,3-12,16,19-20H2,1-2H3;. The predicted octanol–water partition coefficient (Wildman–Crippen LogP) is 5.21. The Hall–Kier alpha value is 0.0500. The topological polar surface area (TPSA) is 83.8 Å². The van der Waals surface area contributed by atoms with E-state index in [1.54, 1.807) is 25.1 Å². The van der Waals surface area contributed by atoms with Crippen LogP contribution in [0.4, 0.5) is 0 Å². The van der Waals surface area contributed by atoms with E-state index in [2.05, 4.69) is 6.92 Å². The second-order valence-corrected chi connectivity index (χ2v) is 9.95. The van der Waals surface area contributed by atoms with Crippen LogP contribution in [0.15, 0.2) is 35.2 Å². The first-order chi connectivity index (χ1) is 14.4. The van der Waals surface area contributed by atoms with Gasteiger partial charge in [0.15, 0.2) is 0 Å². The normalized spacial score (nSPS) is 14.6. The van der Waals surface area contributed by atoms with Crippen LogP contribution in [0.1, 0.15) is 97.3 Å². The van der Waals surface area contributed by atoms with Crippen LogP contribution in [0.3, 0.4) is 0 Å². The molecule has 0 amide bonds. The number of hydrogen-bond donors (Lipinski definition) is 2. The van der Waals surface area contributed by atoms with Crippen molar-refractivity contribution in [3.63, 3.8) is 0 Å². The molecule has 0 aliphatic carbocycles. The number of benzene rings is 1. The van der Waals surface area contributed by atoms with Gasteiger partial charge in [-0.05, 0) is 25.5 Å². The Morgan fingerprint density at radius 2 is 1.32 bits per heavy atom. The summed E-state index contributed by atoms with van der Waals surface area (Å²) in [4.78, 5) is 0.0579. The van der Waals surface area contributed by atoms with Gasteiger partial charge in [-0.2, -0.15) is 8.42 Å². The van der Waals surface area contributed by atoms with Crippen molar-refractivity contribution in [3.05, 3.63) is 30.3 Å². The third kappa shape index (κ3) is 14.7. The Balaban J connectivity index is 0.00000900. The van der Waals surface area contributed by atoms with Crippen molar-refractivity contribution in [2.75, 3.05) is 0 Å². The van der Waals surface area contributed by atoms with Crippen LogP contribution in [0, 0.1) is 0 Å². The number of hydrogen-bond acceptors (Lipinski definition) is 5. The first-order valence-electron chi connectivity index (χ1n) is 11.7. The van der Waals surface area contributed by atoms with E-state index in [1.807, 2.05) is 0 Å². The van der Waals surface area contributed by atoms with Crippen molar-refractivity contribution in [3.8, 4) is 0 Å². The van der Waals surface area contributed by atoms with Gasteiger partial charge in [0.25, 0.3) is 10.1 Å². The van der Waals surface area contributed by atoms with Crippen molar-refractivity contribution in [2.24, 2.45) is 0 Å². The molecule has 0 aromatic heterocycles. The van der Waals surface area contributed by atoms with Crippen molar-refractivity contribution in [1.82, 2.24) is 0 Å². The van der Waals surface area contributed by atoms with E-state index in [9.17, 15) is 18.6 Å². The molecule has 31 heavy (non-hydrogen) atoms. The molecule has 3 atom stereocenters. The largest absolute Gasteiger partial charge is 0.393 e. The Morgan fingerprint density at radius 3 is 1.81 bits per heavy atom. The van der Waals surface area contributed by atoms with Crippen LogP contribution in [0.5, 0.6) is 0 Å². The molecule has 0 bridgehead atoms. The Labute approximate surface area is 212 Å². The van der Waals surface area contributed by atoms with Crippen molar-refractivity contribution in [1.29, 1.82) is 0 Å². The van der Waals surface area contributed by atoms with Gasteiger partial charge < -0.3 is 10.2 Å². The number of aliphatic hydroxyl groups is 2. The molecular formula is C24H42NaO5S. The molecule has 0 spiro atoms. The molecule has 5 nitrogen and oxygen atoms in total. The van der Waals surface area contributed by atoms with Crippen LogP contribution < -0.4 is 0 Å². The molecule has 1 rings (SSSR count). The van der Waals surface area contributed by atoms with Gasteiger partial charge in [-0.1, -0.05) is 95.8 Å². The molecule has 0 saturated carbocycles. The van der Waals surface area contributed by atoms with Crippen LogP contribution >= 0.6 is 0 Å². The predicted molar refractivity (Wildman–Crippen MR) is 128 cm³/mol. The van der Waals surface area contributed by atoms with E-state index in [-0.39, 0.29) is 40.9 Å². The first kappa shape index (κ1) is 31.0. The molecule has 1 aromatic carbocycles. The molecule has 0 aliphatic heterocycles.